The molecule has 0 unspecified atom stereocenters. The number of amides is 1. The second-order valence-electron chi connectivity index (χ2n) is 8.24. The predicted octanol–water partition coefficient (Wildman–Crippen LogP) is 3.01. The Morgan fingerprint density at radius 1 is 1.06 bits per heavy atom. The zero-order chi connectivity index (χ0) is 24.5. The Kier molecular flexibility index (Phi) is 5.61. The van der Waals surface area contributed by atoms with Crippen LogP contribution in [0.15, 0.2) is 54.9 Å². The van der Waals surface area contributed by atoms with Gasteiger partial charge in [-0.25, -0.2) is 9.97 Å². The highest BCUT2D eigenvalue weighted by atomic mass is 16.1. The molecule has 174 valence electrons. The molecule has 0 atom stereocenters. The summed E-state index contributed by atoms with van der Waals surface area (Å²) in [4.78, 5) is 26.7. The van der Waals surface area contributed by atoms with Crippen LogP contribution in [0.4, 0.5) is 5.82 Å². The Balaban J connectivity index is 1.56. The zero-order valence-corrected chi connectivity index (χ0v) is 19.5. The fourth-order valence-corrected chi connectivity index (χ4v) is 3.83. The fraction of sp³-hybridized carbons (Fsp3) is 0.160. The van der Waals surface area contributed by atoms with E-state index in [1.165, 1.54) is 0 Å². The van der Waals surface area contributed by atoms with Gasteiger partial charge in [-0.1, -0.05) is 12.1 Å². The molecule has 0 aliphatic rings. The van der Waals surface area contributed by atoms with Gasteiger partial charge in [0, 0.05) is 30.4 Å². The topological polar surface area (TPSA) is 137 Å². The first kappa shape index (κ1) is 22.1. The first-order valence-corrected chi connectivity index (χ1v) is 11.0. The number of nitrogens with zero attached hydrogens (tertiary/aromatic N) is 7. The van der Waals surface area contributed by atoms with Gasteiger partial charge in [0.05, 0.1) is 29.1 Å². The molecule has 4 heterocycles. The van der Waals surface area contributed by atoms with E-state index in [0.29, 0.717) is 22.8 Å². The van der Waals surface area contributed by atoms with E-state index in [0.717, 1.165) is 27.7 Å². The first-order chi connectivity index (χ1) is 16.9. The molecule has 3 N–H and O–H groups in total. The minimum Gasteiger partial charge on any atom is -0.382 e. The number of benzene rings is 1. The summed E-state index contributed by atoms with van der Waals surface area (Å²) in [6, 6.07) is 13.3. The van der Waals surface area contributed by atoms with Gasteiger partial charge in [0.1, 0.15) is 11.4 Å². The molecule has 0 aliphatic carbocycles. The summed E-state index contributed by atoms with van der Waals surface area (Å²) in [5.41, 5.74) is 11.9. The van der Waals surface area contributed by atoms with Crippen molar-refractivity contribution in [3.8, 4) is 22.6 Å². The summed E-state index contributed by atoms with van der Waals surface area (Å²) in [6.45, 7) is 3.98. The van der Waals surface area contributed by atoms with E-state index >= 15 is 0 Å². The quantitative estimate of drug-likeness (QED) is 0.404. The molecule has 0 aliphatic heterocycles. The van der Waals surface area contributed by atoms with E-state index < -0.39 is 5.91 Å². The Morgan fingerprint density at radius 2 is 1.91 bits per heavy atom. The number of nitrogens with two attached hydrogens (primary N) is 1. The molecule has 0 fully saturated rings. The Hall–Kier alpha value is -4.73. The number of pyridine rings is 1. The van der Waals surface area contributed by atoms with Gasteiger partial charge in [0.25, 0.3) is 5.91 Å². The van der Waals surface area contributed by atoms with Crippen molar-refractivity contribution in [3.05, 3.63) is 77.5 Å². The third-order valence-electron chi connectivity index (χ3n) is 5.60. The van der Waals surface area contributed by atoms with Crippen LogP contribution in [0.5, 0.6) is 0 Å². The third-order valence-corrected chi connectivity index (χ3v) is 5.60. The van der Waals surface area contributed by atoms with Crippen molar-refractivity contribution < 1.29 is 4.79 Å². The lowest BCUT2D eigenvalue weighted by Crippen LogP contribution is -2.27. The molecule has 0 saturated carbocycles. The van der Waals surface area contributed by atoms with Crippen LogP contribution in [-0.4, -0.2) is 40.8 Å². The molecular formula is C25H23N9O. The van der Waals surface area contributed by atoms with Crippen molar-refractivity contribution in [1.29, 1.82) is 0 Å². The van der Waals surface area contributed by atoms with Gasteiger partial charge in [-0.3, -0.25) is 14.5 Å². The number of nitrogens with one attached hydrogen (secondary N) is 1. The van der Waals surface area contributed by atoms with E-state index in [-0.39, 0.29) is 18.1 Å². The Morgan fingerprint density at radius 3 is 2.69 bits per heavy atom. The summed E-state index contributed by atoms with van der Waals surface area (Å²) in [5.74, 6) is -0.436. The van der Waals surface area contributed by atoms with E-state index in [1.54, 1.807) is 10.9 Å². The van der Waals surface area contributed by atoms with E-state index in [4.69, 9.17) is 5.73 Å². The molecule has 10 nitrogen and oxygen atoms in total. The summed E-state index contributed by atoms with van der Waals surface area (Å²) < 4.78 is 1.67. The van der Waals surface area contributed by atoms with E-state index in [9.17, 15) is 4.79 Å². The number of hydrogen-bond donors (Lipinski definition) is 2. The van der Waals surface area contributed by atoms with Crippen LogP contribution in [0.1, 0.15) is 27.4 Å². The molecule has 4 aromatic heterocycles. The van der Waals surface area contributed by atoms with Crippen molar-refractivity contribution in [2.24, 2.45) is 7.05 Å². The SMILES string of the molecule is Cc1cc(C)c(CNC(=O)c2nc(-c3ccc4ncccc4c3)c(-c3ccn(C)n3)nc2N)nn1. The largest absolute Gasteiger partial charge is 0.382 e. The van der Waals surface area contributed by atoms with Gasteiger partial charge < -0.3 is 11.1 Å². The van der Waals surface area contributed by atoms with Gasteiger partial charge in [-0.15, -0.1) is 0 Å². The molecule has 1 amide bonds. The fourth-order valence-electron chi connectivity index (χ4n) is 3.83. The van der Waals surface area contributed by atoms with Crippen molar-refractivity contribution >= 4 is 22.6 Å². The molecule has 0 bridgehead atoms. The number of fused-ring (bicyclic) bond motifs is 1. The minimum atomic E-state index is -0.451. The Bertz CT molecular complexity index is 1580. The smallest absolute Gasteiger partial charge is 0.274 e. The van der Waals surface area contributed by atoms with Crippen LogP contribution in [-0.2, 0) is 13.6 Å². The average Bonchev–Trinajstić information content (AvgIpc) is 3.29. The second kappa shape index (κ2) is 8.90. The van der Waals surface area contributed by atoms with Crippen molar-refractivity contribution in [2.45, 2.75) is 20.4 Å². The maximum Gasteiger partial charge on any atom is 0.274 e. The molecule has 10 heteroatoms. The first-order valence-electron chi connectivity index (χ1n) is 11.0. The van der Waals surface area contributed by atoms with Crippen LogP contribution in [0.3, 0.4) is 0 Å². The normalized spacial score (nSPS) is 11.1. The summed E-state index contributed by atoms with van der Waals surface area (Å²) in [5, 5.41) is 16.5. The van der Waals surface area contributed by atoms with Gasteiger partial charge >= 0.3 is 0 Å². The molecule has 0 radical (unpaired) electrons. The number of hydrogen-bond acceptors (Lipinski definition) is 8. The van der Waals surface area contributed by atoms with Gasteiger partial charge in [0.15, 0.2) is 11.5 Å². The lowest BCUT2D eigenvalue weighted by molar-refractivity contribution is 0.0946. The number of carbonyl (C=O) groups excluding carboxylic acids is 1. The molecular weight excluding hydrogens is 442 g/mol. The summed E-state index contributed by atoms with van der Waals surface area (Å²) >= 11 is 0. The third kappa shape index (κ3) is 4.41. The maximum atomic E-state index is 13.1. The highest BCUT2D eigenvalue weighted by molar-refractivity contribution is 5.98. The monoisotopic (exact) mass is 465 g/mol. The molecule has 5 aromatic rings. The Labute approximate surface area is 201 Å². The zero-order valence-electron chi connectivity index (χ0n) is 19.5. The van der Waals surface area contributed by atoms with Crippen LogP contribution in [0.2, 0.25) is 0 Å². The van der Waals surface area contributed by atoms with Crippen molar-refractivity contribution in [3.63, 3.8) is 0 Å². The molecule has 0 spiro atoms. The standard InChI is InChI=1S/C25H23N9O/c1-14-11-15(2)31-32-20(14)13-28-25(35)23-24(26)30-22(19-8-10-34(3)33-19)21(29-23)17-6-7-18-16(12-17)5-4-9-27-18/h4-12H,13H2,1-3H3,(H2,26,30)(H,28,35). The van der Waals surface area contributed by atoms with Crippen LogP contribution in [0, 0.1) is 13.8 Å². The van der Waals surface area contributed by atoms with Gasteiger partial charge in [-0.05, 0) is 49.7 Å². The minimum absolute atomic E-state index is 0.0149. The van der Waals surface area contributed by atoms with Crippen molar-refractivity contribution in [1.82, 2.24) is 40.2 Å². The molecule has 5 rings (SSSR count). The number of carbonyl (C=O) groups is 1. The highest BCUT2D eigenvalue weighted by Crippen LogP contribution is 2.31. The van der Waals surface area contributed by atoms with Crippen molar-refractivity contribution in [2.75, 3.05) is 5.73 Å². The van der Waals surface area contributed by atoms with Crippen LogP contribution >= 0.6 is 0 Å². The summed E-state index contributed by atoms with van der Waals surface area (Å²) in [6.07, 6.45) is 3.56. The van der Waals surface area contributed by atoms with Crippen LogP contribution in [0.25, 0.3) is 33.5 Å². The average molecular weight is 466 g/mol. The highest BCUT2D eigenvalue weighted by Gasteiger charge is 2.21. The van der Waals surface area contributed by atoms with Crippen LogP contribution < -0.4 is 11.1 Å². The number of anilines is 1. The summed E-state index contributed by atoms with van der Waals surface area (Å²) in [7, 11) is 1.82. The number of aromatic nitrogens is 7. The molecule has 1 aromatic carbocycles. The van der Waals surface area contributed by atoms with Gasteiger partial charge in [0.2, 0.25) is 0 Å². The lowest BCUT2D eigenvalue weighted by atomic mass is 10.0. The number of rotatable bonds is 5. The molecule has 35 heavy (non-hydrogen) atoms. The number of aryl methyl sites for hydroxylation is 3. The second-order valence-corrected chi connectivity index (χ2v) is 8.24. The molecule has 0 saturated heterocycles. The van der Waals surface area contributed by atoms with E-state index in [2.05, 4.69) is 35.6 Å². The van der Waals surface area contributed by atoms with Gasteiger partial charge in [-0.2, -0.15) is 15.3 Å². The lowest BCUT2D eigenvalue weighted by Gasteiger charge is -2.13. The number of nitrogen functional groups attached to an aromatic ring is 1. The van der Waals surface area contributed by atoms with E-state index in [1.807, 2.05) is 69.6 Å². The predicted molar refractivity (Wildman–Crippen MR) is 132 cm³/mol. The maximum absolute atomic E-state index is 13.1.